The van der Waals surface area contributed by atoms with Crippen molar-refractivity contribution in [1.82, 2.24) is 5.32 Å². The van der Waals surface area contributed by atoms with E-state index in [1.807, 2.05) is 0 Å². The third kappa shape index (κ3) is 3.05. The van der Waals surface area contributed by atoms with Crippen LogP contribution in [0.1, 0.15) is 31.7 Å². The van der Waals surface area contributed by atoms with E-state index < -0.39 is 0 Å². The quantitative estimate of drug-likeness (QED) is 0.881. The van der Waals surface area contributed by atoms with Gasteiger partial charge < -0.3 is 5.32 Å². The van der Waals surface area contributed by atoms with Crippen molar-refractivity contribution in [2.24, 2.45) is 0 Å². The van der Waals surface area contributed by atoms with Gasteiger partial charge in [0.25, 0.3) is 0 Å². The van der Waals surface area contributed by atoms with Crippen LogP contribution in [-0.2, 0) is 6.42 Å². The third-order valence-corrected chi connectivity index (χ3v) is 3.88. The summed E-state index contributed by atoms with van der Waals surface area (Å²) in [7, 11) is 0. The van der Waals surface area contributed by atoms with Crippen LogP contribution in [-0.4, -0.2) is 12.1 Å². The maximum absolute atomic E-state index is 3.67. The lowest BCUT2D eigenvalue weighted by molar-refractivity contribution is 0.310. The van der Waals surface area contributed by atoms with Crippen molar-refractivity contribution in [3.63, 3.8) is 0 Å². The Morgan fingerprint density at radius 2 is 2.13 bits per heavy atom. The average molecular weight is 268 g/mol. The summed E-state index contributed by atoms with van der Waals surface area (Å²) >= 11 is 3.59. The van der Waals surface area contributed by atoms with Gasteiger partial charge in [-0.3, -0.25) is 0 Å². The summed E-state index contributed by atoms with van der Waals surface area (Å²) < 4.78 is 1.23. The van der Waals surface area contributed by atoms with Crippen molar-refractivity contribution in [2.45, 2.75) is 44.7 Å². The van der Waals surface area contributed by atoms with Crippen LogP contribution in [0.5, 0.6) is 0 Å². The van der Waals surface area contributed by atoms with Gasteiger partial charge in [0.05, 0.1) is 0 Å². The Hall–Kier alpha value is -0.340. The van der Waals surface area contributed by atoms with Crippen LogP contribution in [0.2, 0.25) is 0 Å². The molecule has 0 heterocycles. The smallest absolute Gasteiger partial charge is 0.0207 e. The number of nitrogens with one attached hydrogen (secondary N) is 1. The Morgan fingerprint density at radius 1 is 1.40 bits per heavy atom. The molecule has 15 heavy (non-hydrogen) atoms. The Morgan fingerprint density at radius 3 is 2.73 bits per heavy atom. The molecule has 2 rings (SSSR count). The first-order valence-electron chi connectivity index (χ1n) is 5.75. The van der Waals surface area contributed by atoms with E-state index in [4.69, 9.17) is 0 Å². The first-order chi connectivity index (χ1) is 7.25. The second kappa shape index (κ2) is 5.13. The van der Waals surface area contributed by atoms with E-state index in [0.717, 1.165) is 12.5 Å². The minimum atomic E-state index is 0.578. The second-order valence-electron chi connectivity index (χ2n) is 4.49. The molecule has 82 valence electrons. The van der Waals surface area contributed by atoms with Gasteiger partial charge in [0.1, 0.15) is 0 Å². The van der Waals surface area contributed by atoms with Gasteiger partial charge in [0.15, 0.2) is 0 Å². The van der Waals surface area contributed by atoms with Gasteiger partial charge in [-0.15, -0.1) is 0 Å². The van der Waals surface area contributed by atoms with Crippen LogP contribution in [0, 0.1) is 0 Å². The Labute approximate surface area is 100 Å². The SMILES string of the molecule is CC(Cc1ccccc1Br)NC1CCC1. The first-order valence-corrected chi connectivity index (χ1v) is 6.54. The Kier molecular flexibility index (Phi) is 3.81. The average Bonchev–Trinajstić information content (AvgIpc) is 2.16. The highest BCUT2D eigenvalue weighted by Crippen LogP contribution is 2.21. The van der Waals surface area contributed by atoms with E-state index in [1.165, 1.54) is 29.3 Å². The van der Waals surface area contributed by atoms with Crippen molar-refractivity contribution < 1.29 is 0 Å². The Balaban J connectivity index is 1.87. The molecule has 0 bridgehead atoms. The van der Waals surface area contributed by atoms with Gasteiger partial charge in [-0.1, -0.05) is 40.5 Å². The van der Waals surface area contributed by atoms with E-state index >= 15 is 0 Å². The number of halogens is 1. The minimum absolute atomic E-state index is 0.578. The molecule has 1 aromatic carbocycles. The summed E-state index contributed by atoms with van der Waals surface area (Å²) in [5.41, 5.74) is 1.40. The zero-order valence-electron chi connectivity index (χ0n) is 9.17. The molecule has 0 amide bonds. The van der Waals surface area contributed by atoms with Crippen LogP contribution >= 0.6 is 15.9 Å². The number of hydrogen-bond donors (Lipinski definition) is 1. The highest BCUT2D eigenvalue weighted by molar-refractivity contribution is 9.10. The van der Waals surface area contributed by atoms with Gasteiger partial charge in [-0.2, -0.15) is 0 Å². The largest absolute Gasteiger partial charge is 0.311 e. The van der Waals surface area contributed by atoms with Crippen molar-refractivity contribution >= 4 is 15.9 Å². The van der Waals surface area contributed by atoms with Crippen molar-refractivity contribution in [1.29, 1.82) is 0 Å². The number of rotatable bonds is 4. The normalized spacial score (nSPS) is 18.5. The zero-order chi connectivity index (χ0) is 10.7. The molecule has 1 aliphatic carbocycles. The van der Waals surface area contributed by atoms with E-state index in [9.17, 15) is 0 Å². The van der Waals surface area contributed by atoms with Gasteiger partial charge in [0, 0.05) is 16.6 Å². The Bertz CT molecular complexity index is 320. The minimum Gasteiger partial charge on any atom is -0.311 e. The van der Waals surface area contributed by atoms with E-state index in [1.54, 1.807) is 0 Å². The highest BCUT2D eigenvalue weighted by Gasteiger charge is 2.19. The predicted molar refractivity (Wildman–Crippen MR) is 68.1 cm³/mol. The van der Waals surface area contributed by atoms with E-state index in [2.05, 4.69) is 52.4 Å². The van der Waals surface area contributed by atoms with Gasteiger partial charge in [-0.05, 0) is 37.8 Å². The summed E-state index contributed by atoms with van der Waals surface area (Å²) in [6.45, 7) is 2.28. The summed E-state index contributed by atoms with van der Waals surface area (Å²) in [5, 5.41) is 3.67. The molecule has 0 aromatic heterocycles. The van der Waals surface area contributed by atoms with Gasteiger partial charge >= 0.3 is 0 Å². The van der Waals surface area contributed by atoms with Crippen LogP contribution < -0.4 is 5.32 Å². The molecule has 0 saturated heterocycles. The third-order valence-electron chi connectivity index (χ3n) is 3.11. The number of benzene rings is 1. The molecule has 1 atom stereocenters. The van der Waals surface area contributed by atoms with Crippen LogP contribution in [0.4, 0.5) is 0 Å². The molecule has 0 spiro atoms. The summed E-state index contributed by atoms with van der Waals surface area (Å²) in [4.78, 5) is 0. The fourth-order valence-electron chi connectivity index (χ4n) is 2.03. The summed E-state index contributed by atoms with van der Waals surface area (Å²) in [6, 6.07) is 9.85. The molecule has 1 N–H and O–H groups in total. The highest BCUT2D eigenvalue weighted by atomic mass is 79.9. The lowest BCUT2D eigenvalue weighted by atomic mass is 9.92. The van der Waals surface area contributed by atoms with Crippen molar-refractivity contribution in [2.75, 3.05) is 0 Å². The van der Waals surface area contributed by atoms with Crippen molar-refractivity contribution in [3.8, 4) is 0 Å². The van der Waals surface area contributed by atoms with Crippen LogP contribution in [0.25, 0.3) is 0 Å². The second-order valence-corrected chi connectivity index (χ2v) is 5.35. The maximum atomic E-state index is 3.67. The van der Waals surface area contributed by atoms with Crippen LogP contribution in [0.3, 0.4) is 0 Å². The molecule has 1 nitrogen and oxygen atoms in total. The van der Waals surface area contributed by atoms with Crippen molar-refractivity contribution in [3.05, 3.63) is 34.3 Å². The summed E-state index contributed by atoms with van der Waals surface area (Å²) in [6.07, 6.45) is 5.23. The van der Waals surface area contributed by atoms with Gasteiger partial charge in [0.2, 0.25) is 0 Å². The lowest BCUT2D eigenvalue weighted by Gasteiger charge is -2.30. The molecular formula is C13H18BrN. The number of hydrogen-bond acceptors (Lipinski definition) is 1. The molecule has 2 heteroatoms. The molecule has 1 aromatic rings. The topological polar surface area (TPSA) is 12.0 Å². The van der Waals surface area contributed by atoms with Crippen LogP contribution in [0.15, 0.2) is 28.7 Å². The maximum Gasteiger partial charge on any atom is 0.0207 e. The molecule has 1 fully saturated rings. The molecule has 0 aliphatic heterocycles. The molecule has 0 radical (unpaired) electrons. The molecule has 1 aliphatic rings. The van der Waals surface area contributed by atoms with E-state index in [0.29, 0.717) is 6.04 Å². The predicted octanol–water partition coefficient (Wildman–Crippen LogP) is 3.52. The molecule has 1 saturated carbocycles. The molecular weight excluding hydrogens is 250 g/mol. The van der Waals surface area contributed by atoms with E-state index in [-0.39, 0.29) is 0 Å². The molecule has 1 unspecified atom stereocenters. The standard InChI is InChI=1S/C13H18BrN/c1-10(15-12-6-4-7-12)9-11-5-2-3-8-13(11)14/h2-3,5,8,10,12,15H,4,6-7,9H2,1H3. The monoisotopic (exact) mass is 267 g/mol. The van der Waals surface area contributed by atoms with Gasteiger partial charge in [-0.25, -0.2) is 0 Å². The lowest BCUT2D eigenvalue weighted by Crippen LogP contribution is -2.41. The fourth-order valence-corrected chi connectivity index (χ4v) is 2.48. The zero-order valence-corrected chi connectivity index (χ0v) is 10.8. The first kappa shape index (κ1) is 11.2. The summed E-state index contributed by atoms with van der Waals surface area (Å²) in [5.74, 6) is 0. The fraction of sp³-hybridized carbons (Fsp3) is 0.538.